The van der Waals surface area contributed by atoms with Crippen molar-refractivity contribution in [2.24, 2.45) is 0 Å². The van der Waals surface area contributed by atoms with E-state index in [2.05, 4.69) is 21.2 Å². The summed E-state index contributed by atoms with van der Waals surface area (Å²) in [6, 6.07) is 17.3. The summed E-state index contributed by atoms with van der Waals surface area (Å²) in [5.41, 5.74) is 1.76. The summed E-state index contributed by atoms with van der Waals surface area (Å²) >= 11 is 16.3. The van der Waals surface area contributed by atoms with Crippen LogP contribution >= 0.6 is 50.9 Å². The Labute approximate surface area is 235 Å². The van der Waals surface area contributed by atoms with E-state index in [4.69, 9.17) is 32.7 Å². The molecule has 11 heteroatoms. The number of carbonyl (C=O) groups is 3. The van der Waals surface area contributed by atoms with Crippen molar-refractivity contribution in [3.8, 4) is 11.5 Å². The number of ether oxygens (including phenoxy) is 2. The van der Waals surface area contributed by atoms with Gasteiger partial charge in [0, 0.05) is 25.6 Å². The number of anilines is 1. The van der Waals surface area contributed by atoms with E-state index >= 15 is 0 Å². The Morgan fingerprint density at radius 3 is 2.62 bits per heavy atom. The van der Waals surface area contributed by atoms with E-state index in [1.165, 1.54) is 13.2 Å². The van der Waals surface area contributed by atoms with Crippen LogP contribution in [0.3, 0.4) is 0 Å². The van der Waals surface area contributed by atoms with Gasteiger partial charge in [0.05, 0.1) is 17.7 Å². The molecule has 0 aromatic heterocycles. The molecule has 0 aliphatic carbocycles. The van der Waals surface area contributed by atoms with E-state index in [1.807, 2.05) is 6.07 Å². The zero-order valence-corrected chi connectivity index (χ0v) is 23.2. The van der Waals surface area contributed by atoms with E-state index in [0.29, 0.717) is 42.8 Å². The lowest BCUT2D eigenvalue weighted by molar-refractivity contribution is -0.127. The molecule has 3 aromatic rings. The van der Waals surface area contributed by atoms with Gasteiger partial charge in [-0.2, -0.15) is 0 Å². The highest BCUT2D eigenvalue weighted by atomic mass is 79.9. The van der Waals surface area contributed by atoms with E-state index in [-0.39, 0.29) is 11.5 Å². The molecule has 1 aliphatic heterocycles. The number of hydrogen-bond acceptors (Lipinski definition) is 6. The average Bonchev–Trinajstić information content (AvgIpc) is 3.12. The second-order valence-electron chi connectivity index (χ2n) is 7.70. The molecular weight excluding hydrogens is 603 g/mol. The lowest BCUT2D eigenvalue weighted by atomic mass is 10.1. The molecule has 1 saturated heterocycles. The van der Waals surface area contributed by atoms with Gasteiger partial charge in [-0.25, -0.2) is 0 Å². The van der Waals surface area contributed by atoms with Crippen molar-refractivity contribution in [1.29, 1.82) is 0 Å². The summed E-state index contributed by atoms with van der Waals surface area (Å²) in [7, 11) is 1.50. The summed E-state index contributed by atoms with van der Waals surface area (Å²) < 4.78 is 12.1. The van der Waals surface area contributed by atoms with E-state index in [9.17, 15) is 14.4 Å². The third-order valence-electron chi connectivity index (χ3n) is 5.23. The normalized spacial score (nSPS) is 14.3. The van der Waals surface area contributed by atoms with Gasteiger partial charge in [0.15, 0.2) is 11.5 Å². The van der Waals surface area contributed by atoms with Gasteiger partial charge in [0.2, 0.25) is 5.91 Å². The smallest absolute Gasteiger partial charge is 0.294 e. The number of benzene rings is 3. The molecule has 0 unspecified atom stereocenters. The third-order valence-corrected chi connectivity index (χ3v) is 7.41. The fourth-order valence-corrected chi connectivity index (χ4v) is 5.10. The first-order chi connectivity index (χ1) is 17.8. The molecule has 1 aliphatic rings. The van der Waals surface area contributed by atoms with Crippen LogP contribution in [-0.2, 0) is 16.2 Å². The number of methoxy groups -OCH3 is 1. The molecular formula is C26H19BrCl2N2O5S. The largest absolute Gasteiger partial charge is 0.493 e. The fraction of sp³-hybridized carbons (Fsp3) is 0.115. The minimum absolute atomic E-state index is 0.119. The molecule has 0 saturated carbocycles. The number of carbonyl (C=O) groups excluding carboxylic acids is 3. The highest BCUT2D eigenvalue weighted by Gasteiger charge is 2.36. The van der Waals surface area contributed by atoms with Gasteiger partial charge < -0.3 is 14.8 Å². The minimum atomic E-state index is -0.577. The van der Waals surface area contributed by atoms with Crippen molar-refractivity contribution in [3.63, 3.8) is 0 Å². The summed E-state index contributed by atoms with van der Waals surface area (Å²) in [5, 5.41) is 3.10. The standard InChI is InChI=1S/C26H19BrCl2N2O5S/c1-35-21-8-4-5-15(24(21)36-14-16-9-10-17(28)12-19(16)29)11-22-25(33)31(26(34)37-22)13-23(32)30-20-7-3-2-6-18(20)27/h2-12H,13-14H2,1H3,(H,30,32)/b22-11+. The lowest BCUT2D eigenvalue weighted by Gasteiger charge is -2.15. The van der Waals surface area contributed by atoms with Crippen LogP contribution < -0.4 is 14.8 Å². The van der Waals surface area contributed by atoms with Gasteiger partial charge in [-0.05, 0) is 64.1 Å². The summed E-state index contributed by atoms with van der Waals surface area (Å²) in [4.78, 5) is 39.2. The summed E-state index contributed by atoms with van der Waals surface area (Å²) in [6.07, 6.45) is 1.54. The molecule has 1 heterocycles. The molecule has 7 nitrogen and oxygen atoms in total. The highest BCUT2D eigenvalue weighted by molar-refractivity contribution is 9.10. The molecule has 1 N–H and O–H groups in total. The monoisotopic (exact) mass is 620 g/mol. The van der Waals surface area contributed by atoms with Crippen molar-refractivity contribution >= 4 is 79.7 Å². The zero-order valence-electron chi connectivity index (χ0n) is 19.3. The molecule has 3 aromatic carbocycles. The number of thioether (sulfide) groups is 1. The summed E-state index contributed by atoms with van der Waals surface area (Å²) in [5.74, 6) is -0.271. The van der Waals surface area contributed by atoms with Gasteiger partial charge in [-0.1, -0.05) is 53.5 Å². The predicted molar refractivity (Wildman–Crippen MR) is 149 cm³/mol. The minimum Gasteiger partial charge on any atom is -0.493 e. The first kappa shape index (κ1) is 27.1. The maximum absolute atomic E-state index is 13.0. The molecule has 190 valence electrons. The van der Waals surface area contributed by atoms with Gasteiger partial charge >= 0.3 is 0 Å². The Hall–Kier alpha value is -2.98. The fourth-order valence-electron chi connectivity index (χ4n) is 3.42. The molecule has 0 radical (unpaired) electrons. The average molecular weight is 622 g/mol. The number of halogens is 3. The van der Waals surface area contributed by atoms with E-state index in [0.717, 1.165) is 16.7 Å². The van der Waals surface area contributed by atoms with Crippen LogP contribution in [0.15, 0.2) is 70.0 Å². The number of imide groups is 1. The van der Waals surface area contributed by atoms with Crippen LogP contribution in [0.4, 0.5) is 10.5 Å². The van der Waals surface area contributed by atoms with Crippen molar-refractivity contribution in [2.45, 2.75) is 6.61 Å². The maximum atomic E-state index is 13.0. The van der Waals surface area contributed by atoms with Crippen molar-refractivity contribution in [1.82, 2.24) is 4.90 Å². The molecule has 37 heavy (non-hydrogen) atoms. The van der Waals surface area contributed by atoms with E-state index in [1.54, 1.807) is 54.6 Å². The zero-order chi connectivity index (χ0) is 26.5. The van der Waals surface area contributed by atoms with Crippen LogP contribution in [0.2, 0.25) is 10.0 Å². The van der Waals surface area contributed by atoms with Crippen LogP contribution in [0.5, 0.6) is 11.5 Å². The number of amides is 3. The molecule has 1 fully saturated rings. The van der Waals surface area contributed by atoms with Gasteiger partial charge in [0.1, 0.15) is 13.2 Å². The van der Waals surface area contributed by atoms with Crippen LogP contribution in [0.1, 0.15) is 11.1 Å². The highest BCUT2D eigenvalue weighted by Crippen LogP contribution is 2.38. The topological polar surface area (TPSA) is 84.9 Å². The Kier molecular flexibility index (Phi) is 8.81. The van der Waals surface area contributed by atoms with Crippen molar-refractivity contribution < 1.29 is 23.9 Å². The van der Waals surface area contributed by atoms with Gasteiger partial charge in [-0.3, -0.25) is 19.3 Å². The van der Waals surface area contributed by atoms with Gasteiger partial charge in [0.25, 0.3) is 11.1 Å². The SMILES string of the molecule is COc1cccc(/C=C2/SC(=O)N(CC(=O)Nc3ccccc3Br)C2=O)c1OCc1ccc(Cl)cc1Cl. The van der Waals surface area contributed by atoms with E-state index < -0.39 is 23.6 Å². The van der Waals surface area contributed by atoms with Crippen molar-refractivity contribution in [3.05, 3.63) is 91.2 Å². The first-order valence-corrected chi connectivity index (χ1v) is 13.2. The molecule has 3 amide bonds. The number of nitrogens with one attached hydrogen (secondary N) is 1. The Morgan fingerprint density at radius 2 is 1.89 bits per heavy atom. The van der Waals surface area contributed by atoms with Crippen molar-refractivity contribution in [2.75, 3.05) is 19.0 Å². The maximum Gasteiger partial charge on any atom is 0.294 e. The quantitative estimate of drug-likeness (QED) is 0.272. The Morgan fingerprint density at radius 1 is 1.11 bits per heavy atom. The van der Waals surface area contributed by atoms with Gasteiger partial charge in [-0.15, -0.1) is 0 Å². The second-order valence-corrected chi connectivity index (χ2v) is 10.4. The van der Waals surface area contributed by atoms with Crippen LogP contribution in [0.25, 0.3) is 6.08 Å². The molecule has 4 rings (SSSR count). The number of nitrogens with zero attached hydrogens (tertiary/aromatic N) is 1. The molecule has 0 spiro atoms. The predicted octanol–water partition coefficient (Wildman–Crippen LogP) is 7.02. The second kappa shape index (κ2) is 12.0. The van der Waals surface area contributed by atoms with Crippen LogP contribution in [-0.4, -0.2) is 35.6 Å². The number of hydrogen-bond donors (Lipinski definition) is 1. The third kappa shape index (κ3) is 6.48. The molecule has 0 atom stereocenters. The Balaban J connectivity index is 1.53. The lowest BCUT2D eigenvalue weighted by Crippen LogP contribution is -2.36. The number of para-hydroxylation sites is 2. The summed E-state index contributed by atoms with van der Waals surface area (Å²) in [6.45, 7) is -0.298. The first-order valence-electron chi connectivity index (χ1n) is 10.8. The van der Waals surface area contributed by atoms with Crippen LogP contribution in [0, 0.1) is 0 Å². The molecule has 0 bridgehead atoms. The Bertz CT molecular complexity index is 1420. The number of rotatable bonds is 8.